The Morgan fingerprint density at radius 1 is 1.39 bits per heavy atom. The summed E-state index contributed by atoms with van der Waals surface area (Å²) in [4.78, 5) is 17.2. The number of nitrogens with one attached hydrogen (secondary N) is 2. The maximum Gasteiger partial charge on any atom is 0.158 e. The Kier molecular flexibility index (Phi) is 6.69. The maximum atomic E-state index is 13.8. The minimum Gasteiger partial charge on any atom is -0.359 e. The van der Waals surface area contributed by atoms with Crippen molar-refractivity contribution in [2.75, 3.05) is 11.9 Å². The summed E-state index contributed by atoms with van der Waals surface area (Å²) in [6, 6.07) is 10.9. The molecule has 0 saturated carbocycles. The number of hydrogen-bond donors (Lipinski definition) is 3. The van der Waals surface area contributed by atoms with E-state index < -0.39 is 12.1 Å². The number of Topliss-reactive ketones (excluding diaryl/α,β-unsaturated/α-hetero) is 1. The Morgan fingerprint density at radius 2 is 2.21 bits per heavy atom. The fourth-order valence-corrected chi connectivity index (χ4v) is 3.51. The molecule has 28 heavy (non-hydrogen) atoms. The van der Waals surface area contributed by atoms with Crippen LogP contribution in [-0.4, -0.2) is 35.4 Å². The van der Waals surface area contributed by atoms with E-state index in [1.54, 1.807) is 30.3 Å². The van der Waals surface area contributed by atoms with E-state index in [2.05, 4.69) is 15.6 Å². The van der Waals surface area contributed by atoms with Crippen LogP contribution in [0.1, 0.15) is 30.4 Å². The second-order valence-electron chi connectivity index (χ2n) is 7.09. The third-order valence-electron chi connectivity index (χ3n) is 4.95. The van der Waals surface area contributed by atoms with Gasteiger partial charge >= 0.3 is 0 Å². The molecule has 1 aromatic carbocycles. The van der Waals surface area contributed by atoms with E-state index in [0.29, 0.717) is 23.4 Å². The summed E-state index contributed by atoms with van der Waals surface area (Å²) in [7, 11) is 0. The molecule has 1 aliphatic rings. The van der Waals surface area contributed by atoms with E-state index in [0.717, 1.165) is 19.4 Å². The van der Waals surface area contributed by atoms with Crippen LogP contribution < -0.4 is 16.4 Å². The molecule has 1 saturated heterocycles. The molecule has 1 aliphatic heterocycles. The summed E-state index contributed by atoms with van der Waals surface area (Å²) in [6.07, 6.45) is 3.79. The maximum absolute atomic E-state index is 13.8. The number of hydrogen-bond acceptors (Lipinski definition) is 6. The summed E-state index contributed by atoms with van der Waals surface area (Å²) < 4.78 is 13.8. The first-order valence-corrected chi connectivity index (χ1v) is 9.44. The van der Waals surface area contributed by atoms with E-state index in [-0.39, 0.29) is 24.1 Å². The predicted octanol–water partition coefficient (Wildman–Crippen LogP) is 2.15. The van der Waals surface area contributed by atoms with Gasteiger partial charge in [-0.15, -0.1) is 0 Å². The molecule has 1 fully saturated rings. The lowest BCUT2D eigenvalue weighted by Gasteiger charge is -2.25. The third kappa shape index (κ3) is 5.12. The van der Waals surface area contributed by atoms with Gasteiger partial charge in [-0.3, -0.25) is 4.79 Å². The van der Waals surface area contributed by atoms with Crippen molar-refractivity contribution in [2.45, 2.75) is 43.8 Å². The quantitative estimate of drug-likeness (QED) is 0.647. The van der Waals surface area contributed by atoms with Gasteiger partial charge in [0.05, 0.1) is 5.56 Å². The average molecular weight is 381 g/mol. The summed E-state index contributed by atoms with van der Waals surface area (Å²) in [6.45, 7) is 0.859. The number of ketones is 1. The zero-order chi connectivity index (χ0) is 19.9. The first-order valence-electron chi connectivity index (χ1n) is 9.44. The van der Waals surface area contributed by atoms with Gasteiger partial charge in [0.15, 0.2) is 5.78 Å². The molecule has 0 spiro atoms. The first-order chi connectivity index (χ1) is 13.6. The number of carbonyl (C=O) groups is 1. The standard InChI is InChI=1S/C21H24FN5O/c22-17-5-2-1-4-15(17)10-16(24)11-19(28)21(18-6-3-9-25-18)27-20-8-7-14(12-23)13-26-20/h1-2,4-5,7-8,13,16,18,21,25H,3,6,9-11,24H2,(H,26,27). The Labute approximate surface area is 164 Å². The zero-order valence-corrected chi connectivity index (χ0v) is 15.6. The van der Waals surface area contributed by atoms with Gasteiger partial charge in [-0.05, 0) is 49.6 Å². The Bertz CT molecular complexity index is 843. The van der Waals surface area contributed by atoms with Gasteiger partial charge in [0.25, 0.3) is 0 Å². The highest BCUT2D eigenvalue weighted by atomic mass is 19.1. The number of nitrogens with two attached hydrogens (primary N) is 1. The summed E-state index contributed by atoms with van der Waals surface area (Å²) >= 11 is 0. The van der Waals surface area contributed by atoms with Crippen molar-refractivity contribution in [3.05, 3.63) is 59.5 Å². The Morgan fingerprint density at radius 3 is 2.86 bits per heavy atom. The monoisotopic (exact) mass is 381 g/mol. The van der Waals surface area contributed by atoms with Crippen molar-refractivity contribution < 1.29 is 9.18 Å². The van der Waals surface area contributed by atoms with E-state index in [1.165, 1.54) is 12.3 Å². The van der Waals surface area contributed by atoms with Gasteiger partial charge in [0, 0.05) is 24.7 Å². The lowest BCUT2D eigenvalue weighted by molar-refractivity contribution is -0.120. The highest BCUT2D eigenvalue weighted by molar-refractivity contribution is 5.88. The van der Waals surface area contributed by atoms with Crippen LogP contribution in [0.5, 0.6) is 0 Å². The van der Waals surface area contributed by atoms with Crippen LogP contribution in [0.4, 0.5) is 10.2 Å². The van der Waals surface area contributed by atoms with Crippen LogP contribution in [0.25, 0.3) is 0 Å². The highest BCUT2D eigenvalue weighted by Gasteiger charge is 2.31. The smallest absolute Gasteiger partial charge is 0.158 e. The van der Waals surface area contributed by atoms with Gasteiger partial charge in [-0.2, -0.15) is 5.26 Å². The molecule has 146 valence electrons. The number of rotatable bonds is 8. The first kappa shape index (κ1) is 19.9. The molecule has 0 radical (unpaired) electrons. The largest absolute Gasteiger partial charge is 0.359 e. The Balaban J connectivity index is 1.67. The molecule has 1 aromatic heterocycles. The molecule has 0 bridgehead atoms. The lowest BCUT2D eigenvalue weighted by Crippen LogP contribution is -2.47. The number of carbonyl (C=O) groups excluding carboxylic acids is 1. The van der Waals surface area contributed by atoms with Crippen LogP contribution in [0.2, 0.25) is 0 Å². The van der Waals surface area contributed by atoms with Crippen LogP contribution in [0.15, 0.2) is 42.6 Å². The molecule has 6 nitrogen and oxygen atoms in total. The van der Waals surface area contributed by atoms with Crippen LogP contribution in [0, 0.1) is 17.1 Å². The topological polar surface area (TPSA) is 104 Å². The van der Waals surface area contributed by atoms with Crippen LogP contribution in [-0.2, 0) is 11.2 Å². The van der Waals surface area contributed by atoms with E-state index in [9.17, 15) is 9.18 Å². The zero-order valence-electron chi connectivity index (χ0n) is 15.6. The fourth-order valence-electron chi connectivity index (χ4n) is 3.51. The van der Waals surface area contributed by atoms with Gasteiger partial charge in [-0.1, -0.05) is 18.2 Å². The minimum absolute atomic E-state index is 0.00870. The second-order valence-corrected chi connectivity index (χ2v) is 7.09. The molecule has 3 atom stereocenters. The van der Waals surface area contributed by atoms with Crippen LogP contribution >= 0.6 is 0 Å². The number of pyridine rings is 1. The predicted molar refractivity (Wildman–Crippen MR) is 105 cm³/mol. The number of anilines is 1. The van der Waals surface area contributed by atoms with Gasteiger partial charge in [-0.25, -0.2) is 9.37 Å². The number of nitrogens with zero attached hydrogens (tertiary/aromatic N) is 2. The average Bonchev–Trinajstić information content (AvgIpc) is 3.22. The van der Waals surface area contributed by atoms with Gasteiger partial charge in [0.2, 0.25) is 0 Å². The van der Waals surface area contributed by atoms with Crippen molar-refractivity contribution in [1.29, 1.82) is 5.26 Å². The normalized spacial score (nSPS) is 18.2. The number of aromatic nitrogens is 1. The number of halogens is 1. The molecular formula is C21H24FN5O. The third-order valence-corrected chi connectivity index (χ3v) is 4.95. The fraction of sp³-hybridized carbons (Fsp3) is 0.381. The molecule has 2 aromatic rings. The number of nitriles is 1. The Hall–Kier alpha value is -2.82. The van der Waals surface area contributed by atoms with Crippen molar-refractivity contribution in [3.63, 3.8) is 0 Å². The van der Waals surface area contributed by atoms with Crippen molar-refractivity contribution in [1.82, 2.24) is 10.3 Å². The van der Waals surface area contributed by atoms with Crippen molar-refractivity contribution in [3.8, 4) is 6.07 Å². The van der Waals surface area contributed by atoms with E-state index in [1.807, 2.05) is 6.07 Å². The molecule has 3 rings (SSSR count). The van der Waals surface area contributed by atoms with Crippen molar-refractivity contribution in [2.24, 2.45) is 5.73 Å². The van der Waals surface area contributed by atoms with Crippen molar-refractivity contribution >= 4 is 11.6 Å². The molecule has 3 unspecified atom stereocenters. The minimum atomic E-state index is -0.477. The van der Waals surface area contributed by atoms with Crippen LogP contribution in [0.3, 0.4) is 0 Å². The van der Waals surface area contributed by atoms with Gasteiger partial charge < -0.3 is 16.4 Å². The summed E-state index contributed by atoms with van der Waals surface area (Å²) in [5.41, 5.74) is 7.13. The lowest BCUT2D eigenvalue weighted by atomic mass is 9.94. The molecule has 0 amide bonds. The van der Waals surface area contributed by atoms with E-state index in [4.69, 9.17) is 11.0 Å². The highest BCUT2D eigenvalue weighted by Crippen LogP contribution is 2.18. The molecule has 2 heterocycles. The van der Waals surface area contributed by atoms with Gasteiger partial charge in [0.1, 0.15) is 23.7 Å². The molecular weight excluding hydrogens is 357 g/mol. The SMILES string of the molecule is N#Cc1ccc(NC(C(=O)CC(N)Cc2ccccc2F)C2CCCN2)nc1. The molecule has 0 aliphatic carbocycles. The summed E-state index contributed by atoms with van der Waals surface area (Å²) in [5, 5.41) is 15.4. The number of benzene rings is 1. The second kappa shape index (κ2) is 9.40. The molecule has 7 heteroatoms. The molecule has 4 N–H and O–H groups in total. The van der Waals surface area contributed by atoms with E-state index >= 15 is 0 Å². The summed E-state index contributed by atoms with van der Waals surface area (Å²) in [5.74, 6) is 0.197.